The molecule has 2 fully saturated rings. The lowest BCUT2D eigenvalue weighted by atomic mass is 10.2. The van der Waals surface area contributed by atoms with Crippen LogP contribution in [0.1, 0.15) is 32.1 Å². The second-order valence-electron chi connectivity index (χ2n) is 6.50. The van der Waals surface area contributed by atoms with Crippen LogP contribution < -0.4 is 4.74 Å². The molecule has 0 aliphatic carbocycles. The number of ether oxygens (including phenoxy) is 1. The summed E-state index contributed by atoms with van der Waals surface area (Å²) in [4.78, 5) is 5.35. The second kappa shape index (κ2) is 8.50. The zero-order valence-corrected chi connectivity index (χ0v) is 15.5. The third kappa shape index (κ3) is 4.83. The average molecular weight is 414 g/mol. The van der Waals surface area contributed by atoms with Crippen molar-refractivity contribution in [3.05, 3.63) is 27.8 Å². The van der Waals surface area contributed by atoms with Crippen molar-refractivity contribution < 1.29 is 4.74 Å². The molecule has 3 rings (SSSR count). The zero-order valence-electron chi connectivity index (χ0n) is 13.3. The van der Waals surface area contributed by atoms with Gasteiger partial charge in [-0.05, 0) is 98.6 Å². The maximum absolute atomic E-state index is 5.85. The Morgan fingerprint density at radius 1 is 1.05 bits per heavy atom. The maximum atomic E-state index is 5.85. The van der Waals surface area contributed by atoms with Crippen molar-refractivity contribution >= 4 is 22.6 Å². The van der Waals surface area contributed by atoms with Gasteiger partial charge in [0.15, 0.2) is 0 Å². The summed E-state index contributed by atoms with van der Waals surface area (Å²) >= 11 is 2.32. The quantitative estimate of drug-likeness (QED) is 0.501. The van der Waals surface area contributed by atoms with Gasteiger partial charge in [-0.3, -0.25) is 4.90 Å². The minimum atomic E-state index is 0.788. The molecule has 0 saturated carbocycles. The van der Waals surface area contributed by atoms with E-state index in [9.17, 15) is 0 Å². The third-order valence-corrected chi connectivity index (χ3v) is 5.56. The molecule has 3 nitrogen and oxygen atoms in total. The summed E-state index contributed by atoms with van der Waals surface area (Å²) in [5, 5.41) is 0. The van der Waals surface area contributed by atoms with Crippen molar-refractivity contribution in [3.63, 3.8) is 0 Å². The van der Waals surface area contributed by atoms with Crippen LogP contribution in [0.3, 0.4) is 0 Å². The molecule has 2 heterocycles. The number of nitrogens with zero attached hydrogens (tertiary/aromatic N) is 2. The van der Waals surface area contributed by atoms with Gasteiger partial charge in [0.25, 0.3) is 0 Å². The highest BCUT2D eigenvalue weighted by Crippen LogP contribution is 2.20. The van der Waals surface area contributed by atoms with Crippen LogP contribution in [-0.4, -0.2) is 55.2 Å². The van der Waals surface area contributed by atoms with E-state index in [1.165, 1.54) is 62.0 Å². The summed E-state index contributed by atoms with van der Waals surface area (Å²) in [7, 11) is 0. The molecule has 122 valence electrons. The highest BCUT2D eigenvalue weighted by Gasteiger charge is 2.26. The minimum Gasteiger partial charge on any atom is -0.494 e. The van der Waals surface area contributed by atoms with Gasteiger partial charge in [-0.1, -0.05) is 0 Å². The van der Waals surface area contributed by atoms with Gasteiger partial charge in [-0.25, -0.2) is 0 Å². The molecule has 0 spiro atoms. The summed E-state index contributed by atoms with van der Waals surface area (Å²) in [5.41, 5.74) is 0. The molecular weight excluding hydrogens is 387 g/mol. The lowest BCUT2D eigenvalue weighted by Crippen LogP contribution is -2.40. The van der Waals surface area contributed by atoms with Crippen LogP contribution >= 0.6 is 22.6 Å². The van der Waals surface area contributed by atoms with Gasteiger partial charge in [0.05, 0.1) is 6.61 Å². The van der Waals surface area contributed by atoms with E-state index in [2.05, 4.69) is 56.7 Å². The molecule has 0 N–H and O–H groups in total. The number of halogens is 1. The lowest BCUT2D eigenvalue weighted by molar-refractivity contribution is 0.178. The van der Waals surface area contributed by atoms with Gasteiger partial charge in [-0.15, -0.1) is 0 Å². The zero-order chi connectivity index (χ0) is 15.2. The fourth-order valence-corrected chi connectivity index (χ4v) is 4.01. The van der Waals surface area contributed by atoms with E-state index in [1.807, 2.05) is 0 Å². The third-order valence-electron chi connectivity index (χ3n) is 4.84. The Kier molecular flexibility index (Phi) is 6.39. The first-order valence-corrected chi connectivity index (χ1v) is 9.74. The second-order valence-corrected chi connectivity index (χ2v) is 7.74. The van der Waals surface area contributed by atoms with Crippen molar-refractivity contribution in [2.75, 3.05) is 39.3 Å². The number of rotatable bonds is 7. The molecule has 2 aliphatic heterocycles. The predicted octanol–water partition coefficient (Wildman–Crippen LogP) is 3.62. The van der Waals surface area contributed by atoms with E-state index < -0.39 is 0 Å². The Bertz CT molecular complexity index is 445. The molecule has 2 saturated heterocycles. The van der Waals surface area contributed by atoms with Crippen molar-refractivity contribution in [3.8, 4) is 5.75 Å². The van der Waals surface area contributed by atoms with E-state index in [-0.39, 0.29) is 0 Å². The van der Waals surface area contributed by atoms with Gasteiger partial charge in [0.1, 0.15) is 5.75 Å². The van der Waals surface area contributed by atoms with Gasteiger partial charge < -0.3 is 9.64 Å². The van der Waals surface area contributed by atoms with Crippen LogP contribution in [0.5, 0.6) is 5.75 Å². The number of hydrogen-bond donors (Lipinski definition) is 0. The topological polar surface area (TPSA) is 15.7 Å². The summed E-state index contributed by atoms with van der Waals surface area (Å²) in [6.45, 7) is 7.22. The molecule has 1 unspecified atom stereocenters. The van der Waals surface area contributed by atoms with Gasteiger partial charge >= 0.3 is 0 Å². The summed E-state index contributed by atoms with van der Waals surface area (Å²) in [6.07, 6.45) is 6.68. The highest BCUT2D eigenvalue weighted by molar-refractivity contribution is 14.1. The molecule has 1 aromatic rings. The van der Waals surface area contributed by atoms with E-state index >= 15 is 0 Å². The Labute approximate surface area is 148 Å². The average Bonchev–Trinajstić information content (AvgIpc) is 3.18. The molecular formula is C18H27IN2O. The Balaban J connectivity index is 1.36. The fourth-order valence-electron chi connectivity index (χ4n) is 3.65. The fraction of sp³-hybridized carbons (Fsp3) is 0.667. The number of benzene rings is 1. The van der Waals surface area contributed by atoms with Crippen molar-refractivity contribution in [1.29, 1.82) is 0 Å². The van der Waals surface area contributed by atoms with Crippen molar-refractivity contribution in [2.45, 2.75) is 38.1 Å². The molecule has 0 bridgehead atoms. The minimum absolute atomic E-state index is 0.788. The van der Waals surface area contributed by atoms with Gasteiger partial charge in [-0.2, -0.15) is 0 Å². The lowest BCUT2D eigenvalue weighted by Gasteiger charge is -2.28. The number of hydrogen-bond acceptors (Lipinski definition) is 3. The molecule has 4 heteroatoms. The van der Waals surface area contributed by atoms with Crippen molar-refractivity contribution in [1.82, 2.24) is 9.80 Å². The molecule has 0 aromatic heterocycles. The Morgan fingerprint density at radius 3 is 2.59 bits per heavy atom. The molecule has 1 atom stereocenters. The van der Waals surface area contributed by atoms with E-state index in [1.54, 1.807) is 0 Å². The van der Waals surface area contributed by atoms with E-state index in [4.69, 9.17) is 4.74 Å². The normalized spacial score (nSPS) is 23.2. The van der Waals surface area contributed by atoms with Crippen LogP contribution in [0.25, 0.3) is 0 Å². The standard InChI is InChI=1S/C18H27IN2O/c19-16-6-8-18(9-7-16)22-14-4-13-21-12-3-5-17(21)15-20-10-1-2-11-20/h6-9,17H,1-5,10-15H2. The molecule has 1 aromatic carbocycles. The van der Waals surface area contributed by atoms with Crippen LogP contribution in [0.15, 0.2) is 24.3 Å². The smallest absolute Gasteiger partial charge is 0.119 e. The first kappa shape index (κ1) is 16.5. The molecule has 0 amide bonds. The van der Waals surface area contributed by atoms with Crippen molar-refractivity contribution in [2.24, 2.45) is 0 Å². The van der Waals surface area contributed by atoms with Gasteiger partial charge in [0, 0.05) is 22.7 Å². The summed E-state index contributed by atoms with van der Waals surface area (Å²) in [6, 6.07) is 9.11. The molecule has 2 aliphatic rings. The monoisotopic (exact) mass is 414 g/mol. The number of likely N-dealkylation sites (tertiary alicyclic amines) is 2. The largest absolute Gasteiger partial charge is 0.494 e. The first-order valence-electron chi connectivity index (χ1n) is 8.66. The SMILES string of the molecule is Ic1ccc(OCCCN2CCCC2CN2CCCC2)cc1. The van der Waals surface area contributed by atoms with E-state index in [0.717, 1.165) is 24.8 Å². The molecule has 22 heavy (non-hydrogen) atoms. The summed E-state index contributed by atoms with van der Waals surface area (Å²) < 4.78 is 7.11. The van der Waals surface area contributed by atoms with Crippen LogP contribution in [0.2, 0.25) is 0 Å². The van der Waals surface area contributed by atoms with Crippen LogP contribution in [-0.2, 0) is 0 Å². The maximum Gasteiger partial charge on any atom is 0.119 e. The summed E-state index contributed by atoms with van der Waals surface area (Å²) in [5.74, 6) is 0.996. The van der Waals surface area contributed by atoms with E-state index in [0.29, 0.717) is 0 Å². The Hall–Kier alpha value is -0.330. The van der Waals surface area contributed by atoms with Crippen LogP contribution in [0.4, 0.5) is 0 Å². The highest BCUT2D eigenvalue weighted by atomic mass is 127. The predicted molar refractivity (Wildman–Crippen MR) is 99.5 cm³/mol. The first-order chi connectivity index (χ1) is 10.8. The Morgan fingerprint density at radius 2 is 1.82 bits per heavy atom. The van der Waals surface area contributed by atoms with Gasteiger partial charge in [0.2, 0.25) is 0 Å². The molecule has 0 radical (unpaired) electrons. The van der Waals surface area contributed by atoms with Crippen LogP contribution in [0, 0.1) is 3.57 Å².